The van der Waals surface area contributed by atoms with Crippen LogP contribution in [-0.2, 0) is 27.6 Å². The molecule has 2 aromatic heterocycles. The summed E-state index contributed by atoms with van der Waals surface area (Å²) >= 11 is 0. The Labute approximate surface area is 169 Å². The molecule has 2 aliphatic heterocycles. The van der Waals surface area contributed by atoms with Crippen LogP contribution in [0, 0.1) is 13.8 Å². The number of hydrogen-bond acceptors (Lipinski definition) is 5. The number of anilines is 1. The maximum atomic E-state index is 13.1. The van der Waals surface area contributed by atoms with Crippen LogP contribution in [0.1, 0.15) is 29.4 Å². The largest absolute Gasteiger partial charge is 0.308 e. The zero-order valence-corrected chi connectivity index (χ0v) is 17.3. The second-order valence-corrected chi connectivity index (χ2v) is 10.2. The molecule has 0 spiro atoms. The average Bonchev–Trinajstić information content (AvgIpc) is 3.40. The van der Waals surface area contributed by atoms with Gasteiger partial charge in [-0.1, -0.05) is 12.1 Å². The van der Waals surface area contributed by atoms with E-state index in [1.165, 1.54) is 0 Å². The minimum Gasteiger partial charge on any atom is -0.308 e. The third kappa shape index (κ3) is 2.95. The van der Waals surface area contributed by atoms with Crippen LogP contribution in [0.4, 0.5) is 5.95 Å². The van der Waals surface area contributed by atoms with E-state index in [1.807, 2.05) is 42.8 Å². The molecule has 0 aliphatic carbocycles. The lowest BCUT2D eigenvalue weighted by Crippen LogP contribution is -2.31. The summed E-state index contributed by atoms with van der Waals surface area (Å²) in [5, 5.41) is 4.58. The summed E-state index contributed by atoms with van der Waals surface area (Å²) in [6.07, 6.45) is 0.814. The smallest absolute Gasteiger partial charge is 0.233 e. The van der Waals surface area contributed by atoms with Crippen LogP contribution < -0.4 is 4.90 Å². The number of fused-ring (bicyclic) bond motifs is 3. The van der Waals surface area contributed by atoms with Crippen molar-refractivity contribution in [3.8, 4) is 0 Å². The van der Waals surface area contributed by atoms with E-state index in [1.54, 1.807) is 4.90 Å². The van der Waals surface area contributed by atoms with Crippen LogP contribution in [0.25, 0.3) is 11.0 Å². The number of rotatable bonds is 3. The second-order valence-electron chi connectivity index (χ2n) is 7.93. The summed E-state index contributed by atoms with van der Waals surface area (Å²) in [6.45, 7) is 5.15. The number of carbonyl (C=O) groups excluding carboxylic acids is 1. The third-order valence-electron chi connectivity index (χ3n) is 6.08. The lowest BCUT2D eigenvalue weighted by molar-refractivity contribution is -0.117. The molecule has 0 radical (unpaired) electrons. The van der Waals surface area contributed by atoms with E-state index < -0.39 is 9.84 Å². The molecule has 1 fully saturated rings. The van der Waals surface area contributed by atoms with Gasteiger partial charge in [-0.2, -0.15) is 5.10 Å². The molecule has 9 heteroatoms. The lowest BCUT2D eigenvalue weighted by Gasteiger charge is -2.15. The minimum absolute atomic E-state index is 0.0103. The van der Waals surface area contributed by atoms with Gasteiger partial charge in [-0.25, -0.2) is 13.4 Å². The van der Waals surface area contributed by atoms with E-state index in [0.717, 1.165) is 34.5 Å². The van der Waals surface area contributed by atoms with Crippen LogP contribution in [0.5, 0.6) is 0 Å². The molecule has 8 nitrogen and oxygen atoms in total. The number of amides is 1. The zero-order chi connectivity index (χ0) is 20.3. The van der Waals surface area contributed by atoms with E-state index in [4.69, 9.17) is 0 Å². The highest BCUT2D eigenvalue weighted by Gasteiger charge is 2.33. The van der Waals surface area contributed by atoms with Crippen LogP contribution >= 0.6 is 0 Å². The molecule has 3 aromatic rings. The van der Waals surface area contributed by atoms with Crippen LogP contribution in [-0.4, -0.2) is 51.7 Å². The van der Waals surface area contributed by atoms with Gasteiger partial charge < -0.3 is 4.57 Å². The first-order valence-corrected chi connectivity index (χ1v) is 11.7. The molecule has 1 amide bonds. The summed E-state index contributed by atoms with van der Waals surface area (Å²) in [5.74, 6) is 1.01. The summed E-state index contributed by atoms with van der Waals surface area (Å²) in [5.41, 5.74) is 4.48. The molecule has 5 rings (SSSR count). The quantitative estimate of drug-likeness (QED) is 0.653. The first-order valence-electron chi connectivity index (χ1n) is 9.85. The fourth-order valence-electron chi connectivity index (χ4n) is 4.55. The van der Waals surface area contributed by atoms with Gasteiger partial charge >= 0.3 is 0 Å². The summed E-state index contributed by atoms with van der Waals surface area (Å²) < 4.78 is 27.6. The molecule has 29 heavy (non-hydrogen) atoms. The normalized spacial score (nSPS) is 20.5. The van der Waals surface area contributed by atoms with Crippen molar-refractivity contribution in [1.29, 1.82) is 0 Å². The second kappa shape index (κ2) is 6.41. The highest BCUT2D eigenvalue weighted by molar-refractivity contribution is 7.91. The van der Waals surface area contributed by atoms with Gasteiger partial charge in [0.05, 0.1) is 40.7 Å². The van der Waals surface area contributed by atoms with Gasteiger partial charge in [0.2, 0.25) is 11.9 Å². The van der Waals surface area contributed by atoms with Crippen molar-refractivity contribution in [2.45, 2.75) is 39.3 Å². The maximum absolute atomic E-state index is 13.1. The van der Waals surface area contributed by atoms with Crippen molar-refractivity contribution in [3.63, 3.8) is 0 Å². The molecule has 152 valence electrons. The molecular weight excluding hydrogens is 390 g/mol. The molecule has 1 aromatic carbocycles. The Hall–Kier alpha value is -2.68. The minimum atomic E-state index is -2.99. The topological polar surface area (TPSA) is 90.1 Å². The first-order chi connectivity index (χ1) is 13.8. The van der Waals surface area contributed by atoms with Gasteiger partial charge in [0, 0.05) is 24.3 Å². The molecule has 0 saturated carbocycles. The molecule has 0 unspecified atom stereocenters. The van der Waals surface area contributed by atoms with Gasteiger partial charge in [0.15, 0.2) is 9.84 Å². The molecule has 4 heterocycles. The molecule has 0 bridgehead atoms. The highest BCUT2D eigenvalue weighted by atomic mass is 32.2. The Kier molecular flexibility index (Phi) is 4.06. The Morgan fingerprint density at radius 2 is 2.00 bits per heavy atom. The predicted molar refractivity (Wildman–Crippen MR) is 110 cm³/mol. The molecule has 1 atom stereocenters. The van der Waals surface area contributed by atoms with Crippen LogP contribution in [0.2, 0.25) is 0 Å². The Bertz CT molecular complexity index is 1240. The van der Waals surface area contributed by atoms with E-state index in [0.29, 0.717) is 18.9 Å². The van der Waals surface area contributed by atoms with Gasteiger partial charge in [-0.15, -0.1) is 0 Å². The Balaban J connectivity index is 1.41. The monoisotopic (exact) mass is 413 g/mol. The number of carbonyl (C=O) groups is 1. The summed E-state index contributed by atoms with van der Waals surface area (Å²) in [4.78, 5) is 19.5. The fourth-order valence-corrected chi connectivity index (χ4v) is 6.24. The standard InChI is InChI=1S/C20H23N5O3S/c1-13-16(14(2)25(22-13)15-7-10-29(27,28)12-15)11-19(26)24-9-8-23-18-6-4-3-5-17(18)21-20(23)24/h3-6,15H,7-12H2,1-2H3/t15-/m0/s1. The Morgan fingerprint density at radius 3 is 2.76 bits per heavy atom. The van der Waals surface area contributed by atoms with E-state index in [-0.39, 0.29) is 29.9 Å². The average molecular weight is 414 g/mol. The van der Waals surface area contributed by atoms with E-state index in [9.17, 15) is 13.2 Å². The van der Waals surface area contributed by atoms with Crippen LogP contribution in [0.15, 0.2) is 24.3 Å². The predicted octanol–water partition coefficient (Wildman–Crippen LogP) is 1.80. The van der Waals surface area contributed by atoms with Crippen molar-refractivity contribution >= 4 is 32.7 Å². The fraction of sp³-hybridized carbons (Fsp3) is 0.450. The number of benzene rings is 1. The number of aryl methyl sites for hydroxylation is 1. The first kappa shape index (κ1) is 18.4. The molecular formula is C20H23N5O3S. The third-order valence-corrected chi connectivity index (χ3v) is 7.83. The van der Waals surface area contributed by atoms with E-state index >= 15 is 0 Å². The molecule has 2 aliphatic rings. The van der Waals surface area contributed by atoms with E-state index in [2.05, 4.69) is 14.6 Å². The SMILES string of the molecule is Cc1nn([C@H]2CCS(=O)(=O)C2)c(C)c1CC(=O)N1CCn2c1nc1ccccc12. The number of nitrogens with zero attached hydrogens (tertiary/aromatic N) is 5. The highest BCUT2D eigenvalue weighted by Crippen LogP contribution is 2.30. The van der Waals surface area contributed by atoms with Crippen molar-refractivity contribution in [1.82, 2.24) is 19.3 Å². The van der Waals surface area contributed by atoms with Gasteiger partial charge in [0.1, 0.15) is 0 Å². The maximum Gasteiger partial charge on any atom is 0.233 e. The number of sulfone groups is 1. The molecule has 1 saturated heterocycles. The van der Waals surface area contributed by atoms with Gasteiger partial charge in [0.25, 0.3) is 0 Å². The lowest BCUT2D eigenvalue weighted by atomic mass is 10.1. The van der Waals surface area contributed by atoms with Crippen molar-refractivity contribution in [2.24, 2.45) is 0 Å². The Morgan fingerprint density at radius 1 is 1.21 bits per heavy atom. The number of imidazole rings is 1. The number of para-hydroxylation sites is 2. The summed E-state index contributed by atoms with van der Waals surface area (Å²) in [6, 6.07) is 7.76. The van der Waals surface area contributed by atoms with Crippen molar-refractivity contribution in [3.05, 3.63) is 41.2 Å². The van der Waals surface area contributed by atoms with Gasteiger partial charge in [-0.3, -0.25) is 14.4 Å². The number of aromatic nitrogens is 4. The van der Waals surface area contributed by atoms with Crippen molar-refractivity contribution < 1.29 is 13.2 Å². The van der Waals surface area contributed by atoms with Crippen LogP contribution in [0.3, 0.4) is 0 Å². The molecule has 0 N–H and O–H groups in total. The summed E-state index contributed by atoms with van der Waals surface area (Å²) in [7, 11) is -2.99. The zero-order valence-electron chi connectivity index (χ0n) is 16.5. The van der Waals surface area contributed by atoms with Gasteiger partial charge in [-0.05, 0) is 32.4 Å². The number of hydrogen-bond donors (Lipinski definition) is 0. The van der Waals surface area contributed by atoms with Crippen molar-refractivity contribution in [2.75, 3.05) is 23.0 Å².